The molecule has 0 bridgehead atoms. The SMILES string of the molecule is CS(=O)(=O)Cl.CS(=O)(=O)OC[C@@H]1COc2ccc(S(=O)(=O)c3ccccc3)cc2O1.O=S(=O)(c1ccccc1)c1ccc2c(c1)O[C@H](CO)CO2. The summed E-state index contributed by atoms with van der Waals surface area (Å²) < 4.78 is 118. The van der Waals surface area contributed by atoms with Crippen LogP contribution >= 0.6 is 10.7 Å². The summed E-state index contributed by atoms with van der Waals surface area (Å²) in [7, 11) is -9.57. The second-order valence-electron chi connectivity index (χ2n) is 10.8. The molecule has 0 saturated carbocycles. The third-order valence-corrected chi connectivity index (χ3v) is 10.8. The van der Waals surface area contributed by atoms with Gasteiger partial charge in [0.05, 0.1) is 38.7 Å². The first kappa shape index (κ1) is 39.9. The van der Waals surface area contributed by atoms with E-state index in [-0.39, 0.29) is 51.8 Å². The fraction of sp³-hybridized carbons (Fsp3) is 0.250. The number of aliphatic hydroxyl groups excluding tert-OH is 1. The van der Waals surface area contributed by atoms with Gasteiger partial charge in [-0.1, -0.05) is 36.4 Å². The van der Waals surface area contributed by atoms with Gasteiger partial charge in [-0.3, -0.25) is 4.18 Å². The third-order valence-electron chi connectivity index (χ3n) is 6.67. The molecule has 4 aromatic carbocycles. The van der Waals surface area contributed by atoms with Crippen LogP contribution in [0.15, 0.2) is 117 Å². The zero-order valence-corrected chi connectivity index (χ0v) is 31.0. The highest BCUT2D eigenvalue weighted by molar-refractivity contribution is 8.13. The molecule has 1 N–H and O–H groups in total. The highest BCUT2D eigenvalue weighted by Gasteiger charge is 2.27. The summed E-state index contributed by atoms with van der Waals surface area (Å²) in [4.78, 5) is 0.587. The molecular weight excluding hydrogens is 772 g/mol. The highest BCUT2D eigenvalue weighted by Crippen LogP contribution is 2.36. The lowest BCUT2D eigenvalue weighted by Gasteiger charge is -2.26. The van der Waals surface area contributed by atoms with E-state index < -0.39 is 51.1 Å². The van der Waals surface area contributed by atoms with Gasteiger partial charge >= 0.3 is 0 Å². The molecule has 6 rings (SSSR count). The van der Waals surface area contributed by atoms with Crippen molar-refractivity contribution < 1.29 is 61.9 Å². The van der Waals surface area contributed by atoms with Crippen molar-refractivity contribution in [3.63, 3.8) is 0 Å². The van der Waals surface area contributed by atoms with E-state index >= 15 is 0 Å². The summed E-state index contributed by atoms with van der Waals surface area (Å²) in [6.45, 7) is -0.0510. The Kier molecular flexibility index (Phi) is 13.0. The van der Waals surface area contributed by atoms with Crippen LogP contribution in [0.3, 0.4) is 0 Å². The summed E-state index contributed by atoms with van der Waals surface area (Å²) in [5, 5.41) is 9.10. The predicted molar refractivity (Wildman–Crippen MR) is 185 cm³/mol. The minimum atomic E-state index is -3.69. The number of aliphatic hydroxyl groups is 1. The van der Waals surface area contributed by atoms with Crippen LogP contribution in [0.5, 0.6) is 23.0 Å². The Hall–Kier alpha value is -3.91. The first-order chi connectivity index (χ1) is 23.9. The summed E-state index contributed by atoms with van der Waals surface area (Å²) in [6, 6.07) is 25.0. The van der Waals surface area contributed by atoms with Gasteiger partial charge in [0.1, 0.15) is 19.8 Å². The molecule has 19 heteroatoms. The Bertz CT molecular complexity index is 2240. The quantitative estimate of drug-likeness (QED) is 0.200. The summed E-state index contributed by atoms with van der Waals surface area (Å²) in [5.41, 5.74) is 0. The molecule has 4 aromatic rings. The summed E-state index contributed by atoms with van der Waals surface area (Å²) in [5.74, 6) is 1.43. The van der Waals surface area contributed by atoms with Gasteiger partial charge in [0.15, 0.2) is 35.2 Å². The van der Waals surface area contributed by atoms with Crippen molar-refractivity contribution in [2.45, 2.75) is 31.8 Å². The van der Waals surface area contributed by atoms with Gasteiger partial charge in [0.2, 0.25) is 28.7 Å². The number of hydrogen-bond donors (Lipinski definition) is 1. The molecule has 0 aliphatic carbocycles. The Labute approximate surface area is 300 Å². The topological polar surface area (TPSA) is 203 Å². The van der Waals surface area contributed by atoms with Crippen LogP contribution in [-0.4, -0.2) is 89.9 Å². The molecule has 276 valence electrons. The Morgan fingerprint density at radius 1 is 0.608 bits per heavy atom. The summed E-state index contributed by atoms with van der Waals surface area (Å²) in [6.07, 6.45) is 0.730. The minimum absolute atomic E-state index is 0.0609. The smallest absolute Gasteiger partial charge is 0.264 e. The zero-order valence-electron chi connectivity index (χ0n) is 27.0. The molecule has 0 amide bonds. The van der Waals surface area contributed by atoms with Crippen LogP contribution in [0.4, 0.5) is 0 Å². The van der Waals surface area contributed by atoms with Crippen LogP contribution in [0.2, 0.25) is 0 Å². The maximum Gasteiger partial charge on any atom is 0.264 e. The van der Waals surface area contributed by atoms with E-state index in [1.54, 1.807) is 54.6 Å². The van der Waals surface area contributed by atoms with Crippen molar-refractivity contribution in [2.75, 3.05) is 38.9 Å². The Morgan fingerprint density at radius 2 is 1.00 bits per heavy atom. The van der Waals surface area contributed by atoms with E-state index in [1.807, 2.05) is 0 Å². The monoisotopic (exact) mass is 804 g/mol. The first-order valence-corrected chi connectivity index (χ1v) is 22.2. The molecule has 51 heavy (non-hydrogen) atoms. The van der Waals surface area contributed by atoms with E-state index in [9.17, 15) is 33.7 Å². The van der Waals surface area contributed by atoms with E-state index in [2.05, 4.69) is 10.7 Å². The molecular formula is C32H33ClO14S4. The maximum absolute atomic E-state index is 12.7. The van der Waals surface area contributed by atoms with Crippen molar-refractivity contribution in [2.24, 2.45) is 0 Å². The fourth-order valence-electron chi connectivity index (χ4n) is 4.37. The number of sulfone groups is 2. The van der Waals surface area contributed by atoms with Crippen molar-refractivity contribution in [1.82, 2.24) is 0 Å². The van der Waals surface area contributed by atoms with Crippen LogP contribution in [0.25, 0.3) is 0 Å². The second-order valence-corrected chi connectivity index (χ2v) is 19.4. The number of ether oxygens (including phenoxy) is 4. The minimum Gasteiger partial charge on any atom is -0.486 e. The van der Waals surface area contributed by atoms with E-state index in [4.69, 9.17) is 28.2 Å². The molecule has 14 nitrogen and oxygen atoms in total. The largest absolute Gasteiger partial charge is 0.486 e. The molecule has 0 unspecified atom stereocenters. The van der Waals surface area contributed by atoms with Gasteiger partial charge in [0, 0.05) is 22.8 Å². The lowest BCUT2D eigenvalue weighted by molar-refractivity contribution is 0.0453. The van der Waals surface area contributed by atoms with Crippen LogP contribution in [0, 0.1) is 0 Å². The number of benzene rings is 4. The third kappa shape index (κ3) is 11.5. The second kappa shape index (κ2) is 16.6. The molecule has 0 fully saturated rings. The zero-order chi connectivity index (χ0) is 37.5. The molecule has 0 radical (unpaired) electrons. The number of hydrogen-bond acceptors (Lipinski definition) is 14. The molecule has 2 aliphatic heterocycles. The van der Waals surface area contributed by atoms with Crippen LogP contribution in [0.1, 0.15) is 0 Å². The van der Waals surface area contributed by atoms with E-state index in [0.717, 1.165) is 12.5 Å². The molecule has 2 heterocycles. The van der Waals surface area contributed by atoms with Crippen LogP contribution < -0.4 is 18.9 Å². The van der Waals surface area contributed by atoms with Crippen molar-refractivity contribution >= 4 is 49.5 Å². The van der Waals surface area contributed by atoms with Gasteiger partial charge in [0.25, 0.3) is 10.1 Å². The van der Waals surface area contributed by atoms with Gasteiger partial charge in [-0.15, -0.1) is 0 Å². The Balaban J connectivity index is 0.000000204. The van der Waals surface area contributed by atoms with Crippen LogP contribution in [-0.2, 0) is 43.0 Å². The van der Waals surface area contributed by atoms with Crippen molar-refractivity contribution in [3.8, 4) is 23.0 Å². The highest BCUT2D eigenvalue weighted by atomic mass is 35.7. The van der Waals surface area contributed by atoms with Crippen molar-refractivity contribution in [1.29, 1.82) is 0 Å². The number of halogens is 1. The van der Waals surface area contributed by atoms with Gasteiger partial charge < -0.3 is 24.1 Å². The normalized spacial score (nSPS) is 16.8. The van der Waals surface area contributed by atoms with Crippen molar-refractivity contribution in [3.05, 3.63) is 97.1 Å². The molecule has 2 atom stereocenters. The molecule has 0 aromatic heterocycles. The van der Waals surface area contributed by atoms with E-state index in [0.29, 0.717) is 17.2 Å². The lowest BCUT2D eigenvalue weighted by atomic mass is 10.2. The van der Waals surface area contributed by atoms with Gasteiger partial charge in [-0.25, -0.2) is 25.3 Å². The average Bonchev–Trinajstić information content (AvgIpc) is 3.10. The van der Waals surface area contributed by atoms with E-state index in [1.165, 1.54) is 42.5 Å². The number of rotatable bonds is 8. The standard InChI is InChI=1S/C16H16O7S2.C15H14O5S.CH3ClO2S/c1-24(17,18)22-11-12-10-21-15-8-7-14(9-16(15)23-12)25(19,20)13-5-3-2-4-6-13;16-9-11-10-19-14-7-6-13(8-15(14)20-11)21(17,18)12-4-2-1-3-5-12;1-5(2,3)4/h2-9,12H,10-11H2,1H3;1-8,11,16H,9-10H2;1H3/t12-;11-;/m01./s1. The Morgan fingerprint density at radius 3 is 1.39 bits per heavy atom. The maximum atomic E-state index is 12.7. The first-order valence-electron chi connectivity index (χ1n) is 14.7. The van der Waals surface area contributed by atoms with Gasteiger partial charge in [-0.05, 0) is 48.5 Å². The lowest BCUT2D eigenvalue weighted by Crippen LogP contribution is -2.34. The molecule has 0 saturated heterocycles. The van der Waals surface area contributed by atoms with Gasteiger partial charge in [-0.2, -0.15) is 8.42 Å². The predicted octanol–water partition coefficient (Wildman–Crippen LogP) is 3.47. The number of fused-ring (bicyclic) bond motifs is 2. The fourth-order valence-corrected chi connectivity index (χ4v) is 7.36. The summed E-state index contributed by atoms with van der Waals surface area (Å²) >= 11 is 0. The molecule has 0 spiro atoms. The average molecular weight is 805 g/mol. The molecule has 2 aliphatic rings.